The first-order valence-electron chi connectivity index (χ1n) is 5.08. The molecule has 4 N–H and O–H groups in total. The molecule has 0 aliphatic heterocycles. The fourth-order valence-corrected chi connectivity index (χ4v) is 1.39. The Morgan fingerprint density at radius 1 is 1.41 bits per heavy atom. The fourth-order valence-electron chi connectivity index (χ4n) is 1.23. The van der Waals surface area contributed by atoms with Crippen LogP contribution in [0.15, 0.2) is 18.2 Å². The first-order valence-corrected chi connectivity index (χ1v) is 5.46. The number of amides is 2. The number of carbonyl (C=O) groups is 2. The third-order valence-corrected chi connectivity index (χ3v) is 2.46. The minimum Gasteiger partial charge on any atom is -0.366 e. The number of hydrogen-bond donors (Lipinski definition) is 3. The standard InChI is InChI=1S/C11H14ClN3O2/c1-14-5-4-10(16)15-9-6-7(11(13)17)2-3-8(9)12/h2-3,6,14H,4-5H2,1H3,(H2,13,17)(H,15,16). The zero-order chi connectivity index (χ0) is 12.8. The van der Waals surface area contributed by atoms with Gasteiger partial charge in [-0.15, -0.1) is 0 Å². The normalized spacial score (nSPS) is 10.0. The van der Waals surface area contributed by atoms with E-state index in [4.69, 9.17) is 17.3 Å². The van der Waals surface area contributed by atoms with E-state index in [0.29, 0.717) is 29.2 Å². The molecule has 0 aliphatic carbocycles. The SMILES string of the molecule is CNCCC(=O)Nc1cc(C(N)=O)ccc1Cl. The Morgan fingerprint density at radius 3 is 2.71 bits per heavy atom. The van der Waals surface area contributed by atoms with Crippen molar-refractivity contribution >= 4 is 29.1 Å². The highest BCUT2D eigenvalue weighted by atomic mass is 35.5. The van der Waals surface area contributed by atoms with Crippen LogP contribution in [0.4, 0.5) is 5.69 Å². The molecule has 17 heavy (non-hydrogen) atoms. The van der Waals surface area contributed by atoms with Crippen molar-refractivity contribution in [2.24, 2.45) is 5.73 Å². The lowest BCUT2D eigenvalue weighted by molar-refractivity contribution is -0.116. The summed E-state index contributed by atoms with van der Waals surface area (Å²) in [6, 6.07) is 4.49. The number of anilines is 1. The molecule has 0 saturated carbocycles. The van der Waals surface area contributed by atoms with Crippen molar-refractivity contribution in [3.63, 3.8) is 0 Å². The second-order valence-electron chi connectivity index (χ2n) is 3.46. The van der Waals surface area contributed by atoms with Gasteiger partial charge < -0.3 is 16.4 Å². The van der Waals surface area contributed by atoms with Crippen molar-refractivity contribution in [3.8, 4) is 0 Å². The van der Waals surface area contributed by atoms with Gasteiger partial charge in [0, 0.05) is 18.5 Å². The third-order valence-electron chi connectivity index (χ3n) is 2.13. The number of nitrogens with two attached hydrogens (primary N) is 1. The topological polar surface area (TPSA) is 84.2 Å². The summed E-state index contributed by atoms with van der Waals surface area (Å²) in [6.45, 7) is 0.568. The Bertz CT molecular complexity index is 435. The molecule has 0 unspecified atom stereocenters. The van der Waals surface area contributed by atoms with Crippen LogP contribution in [-0.2, 0) is 4.79 Å². The van der Waals surface area contributed by atoms with E-state index in [1.165, 1.54) is 18.2 Å². The molecule has 0 fully saturated rings. The monoisotopic (exact) mass is 255 g/mol. The van der Waals surface area contributed by atoms with Crippen molar-refractivity contribution in [3.05, 3.63) is 28.8 Å². The quantitative estimate of drug-likeness (QED) is 0.734. The van der Waals surface area contributed by atoms with E-state index in [2.05, 4.69) is 10.6 Å². The summed E-state index contributed by atoms with van der Waals surface area (Å²) < 4.78 is 0. The minimum absolute atomic E-state index is 0.178. The van der Waals surface area contributed by atoms with Crippen molar-refractivity contribution in [2.75, 3.05) is 18.9 Å². The largest absolute Gasteiger partial charge is 0.366 e. The van der Waals surface area contributed by atoms with Gasteiger partial charge in [-0.1, -0.05) is 11.6 Å². The number of primary amides is 1. The van der Waals surface area contributed by atoms with Gasteiger partial charge in [-0.05, 0) is 25.2 Å². The van der Waals surface area contributed by atoms with Crippen LogP contribution in [0.5, 0.6) is 0 Å². The van der Waals surface area contributed by atoms with Gasteiger partial charge in [0.1, 0.15) is 0 Å². The average Bonchev–Trinajstić information content (AvgIpc) is 2.29. The molecule has 0 aliphatic rings. The maximum Gasteiger partial charge on any atom is 0.248 e. The van der Waals surface area contributed by atoms with Gasteiger partial charge in [0.05, 0.1) is 10.7 Å². The van der Waals surface area contributed by atoms with Gasteiger partial charge >= 0.3 is 0 Å². The number of carbonyl (C=O) groups excluding carboxylic acids is 2. The van der Waals surface area contributed by atoms with Crippen LogP contribution >= 0.6 is 11.6 Å². The maximum atomic E-state index is 11.5. The van der Waals surface area contributed by atoms with Crippen LogP contribution in [0.1, 0.15) is 16.8 Å². The molecule has 1 aromatic carbocycles. The molecule has 0 bridgehead atoms. The van der Waals surface area contributed by atoms with Gasteiger partial charge in [0.2, 0.25) is 11.8 Å². The van der Waals surface area contributed by atoms with E-state index in [9.17, 15) is 9.59 Å². The molecule has 0 spiro atoms. The lowest BCUT2D eigenvalue weighted by atomic mass is 10.2. The number of rotatable bonds is 5. The summed E-state index contributed by atoms with van der Waals surface area (Å²) in [5, 5.41) is 5.85. The van der Waals surface area contributed by atoms with Gasteiger partial charge in [-0.2, -0.15) is 0 Å². The van der Waals surface area contributed by atoms with Crippen molar-refractivity contribution in [1.82, 2.24) is 5.32 Å². The molecule has 1 rings (SSSR count). The van der Waals surface area contributed by atoms with Gasteiger partial charge in [-0.25, -0.2) is 0 Å². The highest BCUT2D eigenvalue weighted by Gasteiger charge is 2.08. The average molecular weight is 256 g/mol. The third kappa shape index (κ3) is 4.05. The van der Waals surface area contributed by atoms with Gasteiger partial charge in [-0.3, -0.25) is 9.59 Å². The number of benzene rings is 1. The van der Waals surface area contributed by atoms with Crippen molar-refractivity contribution in [2.45, 2.75) is 6.42 Å². The fraction of sp³-hybridized carbons (Fsp3) is 0.273. The van der Waals surface area contributed by atoms with E-state index in [-0.39, 0.29) is 5.91 Å². The van der Waals surface area contributed by atoms with Gasteiger partial charge in [0.15, 0.2) is 0 Å². The summed E-state index contributed by atoms with van der Waals surface area (Å²) in [5.41, 5.74) is 5.84. The van der Waals surface area contributed by atoms with Crippen molar-refractivity contribution < 1.29 is 9.59 Å². The van der Waals surface area contributed by atoms with Gasteiger partial charge in [0.25, 0.3) is 0 Å². The highest BCUT2D eigenvalue weighted by Crippen LogP contribution is 2.22. The molecular formula is C11H14ClN3O2. The lowest BCUT2D eigenvalue weighted by Gasteiger charge is -2.08. The van der Waals surface area contributed by atoms with E-state index in [0.717, 1.165) is 0 Å². The predicted molar refractivity (Wildman–Crippen MR) is 67.1 cm³/mol. The minimum atomic E-state index is -0.563. The van der Waals surface area contributed by atoms with Crippen molar-refractivity contribution in [1.29, 1.82) is 0 Å². The van der Waals surface area contributed by atoms with Crippen LogP contribution < -0.4 is 16.4 Å². The molecule has 0 heterocycles. The smallest absolute Gasteiger partial charge is 0.248 e. The molecular weight excluding hydrogens is 242 g/mol. The lowest BCUT2D eigenvalue weighted by Crippen LogP contribution is -2.19. The van der Waals surface area contributed by atoms with E-state index >= 15 is 0 Å². The Balaban J connectivity index is 2.79. The first kappa shape index (κ1) is 13.5. The number of halogens is 1. The van der Waals surface area contributed by atoms with Crippen LogP contribution in [0.25, 0.3) is 0 Å². The maximum absolute atomic E-state index is 11.5. The predicted octanol–water partition coefficient (Wildman–Crippen LogP) is 0.987. The second-order valence-corrected chi connectivity index (χ2v) is 3.87. The Hall–Kier alpha value is -1.59. The van der Waals surface area contributed by atoms with Crippen LogP contribution in [0, 0.1) is 0 Å². The second kappa shape index (κ2) is 6.22. The summed E-state index contributed by atoms with van der Waals surface area (Å²) >= 11 is 5.90. The highest BCUT2D eigenvalue weighted by molar-refractivity contribution is 6.33. The molecule has 6 heteroatoms. The van der Waals surface area contributed by atoms with E-state index in [1.807, 2.05) is 0 Å². The molecule has 2 amide bonds. The summed E-state index contributed by atoms with van der Waals surface area (Å²) in [6.07, 6.45) is 0.327. The molecule has 1 aromatic rings. The van der Waals surface area contributed by atoms with Crippen LogP contribution in [-0.4, -0.2) is 25.4 Å². The molecule has 0 aromatic heterocycles. The molecule has 0 radical (unpaired) electrons. The Labute approximate surface area is 104 Å². The number of hydrogen-bond acceptors (Lipinski definition) is 3. The molecule has 0 atom stereocenters. The number of nitrogens with one attached hydrogen (secondary N) is 2. The molecule has 92 valence electrons. The summed E-state index contributed by atoms with van der Waals surface area (Å²) in [4.78, 5) is 22.5. The zero-order valence-electron chi connectivity index (χ0n) is 9.42. The Morgan fingerprint density at radius 2 is 2.12 bits per heavy atom. The first-order chi connectivity index (χ1) is 8.04. The van der Waals surface area contributed by atoms with E-state index < -0.39 is 5.91 Å². The van der Waals surface area contributed by atoms with E-state index in [1.54, 1.807) is 7.05 Å². The zero-order valence-corrected chi connectivity index (χ0v) is 10.2. The summed E-state index contributed by atoms with van der Waals surface area (Å²) in [7, 11) is 1.76. The van der Waals surface area contributed by atoms with Crippen LogP contribution in [0.3, 0.4) is 0 Å². The molecule has 5 nitrogen and oxygen atoms in total. The summed E-state index contributed by atoms with van der Waals surface area (Å²) in [5.74, 6) is -0.740. The Kier molecular flexibility index (Phi) is 4.93. The molecule has 0 saturated heterocycles. The van der Waals surface area contributed by atoms with Crippen LogP contribution in [0.2, 0.25) is 5.02 Å².